The van der Waals surface area contributed by atoms with Crippen LogP contribution in [0.15, 0.2) is 11.6 Å². The highest BCUT2D eigenvalue weighted by Crippen LogP contribution is 2.26. The molecule has 0 fully saturated rings. The molecule has 0 saturated carbocycles. The van der Waals surface area contributed by atoms with Gasteiger partial charge in [0.05, 0.1) is 0 Å². The lowest BCUT2D eigenvalue weighted by molar-refractivity contribution is 0.329. The molecule has 1 aliphatic carbocycles. The van der Waals surface area contributed by atoms with E-state index in [0.717, 1.165) is 6.54 Å². The topological polar surface area (TPSA) is 12.0 Å². The molecule has 0 radical (unpaired) electrons. The molecular weight excluding hydrogens is 206 g/mol. The Hall–Kier alpha value is -0.300. The normalized spacial score (nSPS) is 18.9. The second-order valence-corrected chi connectivity index (χ2v) is 6.67. The fourth-order valence-corrected chi connectivity index (χ4v) is 2.58. The Morgan fingerprint density at radius 2 is 2.06 bits per heavy atom. The van der Waals surface area contributed by atoms with Gasteiger partial charge < -0.3 is 5.32 Å². The molecule has 1 rings (SSSR count). The molecule has 0 heterocycles. The molecule has 100 valence electrons. The molecule has 1 nitrogen and oxygen atoms in total. The van der Waals surface area contributed by atoms with Gasteiger partial charge in [-0.15, -0.1) is 0 Å². The van der Waals surface area contributed by atoms with E-state index in [1.807, 2.05) is 0 Å². The van der Waals surface area contributed by atoms with Crippen molar-refractivity contribution in [1.82, 2.24) is 5.32 Å². The first-order chi connectivity index (χ1) is 8.01. The van der Waals surface area contributed by atoms with Gasteiger partial charge in [-0.3, -0.25) is 0 Å². The van der Waals surface area contributed by atoms with Crippen molar-refractivity contribution >= 4 is 0 Å². The number of allylic oxidation sites excluding steroid dienone is 1. The lowest BCUT2D eigenvalue weighted by atomic mass is 9.86. The molecule has 0 aliphatic heterocycles. The van der Waals surface area contributed by atoms with Gasteiger partial charge in [0.2, 0.25) is 0 Å². The number of hydrogen-bond donors (Lipinski definition) is 1. The summed E-state index contributed by atoms with van der Waals surface area (Å²) in [5.74, 6) is 0. The van der Waals surface area contributed by atoms with Gasteiger partial charge in [-0.1, -0.05) is 39.3 Å². The van der Waals surface area contributed by atoms with E-state index in [0.29, 0.717) is 11.5 Å². The molecular formula is C16H31N. The molecule has 0 aromatic heterocycles. The van der Waals surface area contributed by atoms with Crippen LogP contribution >= 0.6 is 0 Å². The van der Waals surface area contributed by atoms with Crippen LogP contribution < -0.4 is 5.32 Å². The summed E-state index contributed by atoms with van der Waals surface area (Å²) in [5.41, 5.74) is 2.17. The minimum Gasteiger partial charge on any atom is -0.314 e. The van der Waals surface area contributed by atoms with Gasteiger partial charge in [0.25, 0.3) is 0 Å². The lowest BCUT2D eigenvalue weighted by Gasteiger charge is -2.25. The van der Waals surface area contributed by atoms with Crippen LogP contribution in [0.4, 0.5) is 0 Å². The Kier molecular flexibility index (Phi) is 6.26. The number of nitrogens with one attached hydrogen (secondary N) is 1. The second kappa shape index (κ2) is 7.20. The fourth-order valence-electron chi connectivity index (χ4n) is 2.58. The van der Waals surface area contributed by atoms with Crippen LogP contribution in [0.5, 0.6) is 0 Å². The first-order valence-corrected chi connectivity index (χ1v) is 7.42. The van der Waals surface area contributed by atoms with Gasteiger partial charge in [0, 0.05) is 6.04 Å². The largest absolute Gasteiger partial charge is 0.314 e. The van der Waals surface area contributed by atoms with Crippen LogP contribution in [0.1, 0.15) is 72.6 Å². The third kappa shape index (κ3) is 6.88. The summed E-state index contributed by atoms with van der Waals surface area (Å²) in [7, 11) is 0. The van der Waals surface area contributed by atoms with Gasteiger partial charge >= 0.3 is 0 Å². The van der Waals surface area contributed by atoms with Crippen molar-refractivity contribution < 1.29 is 0 Å². The van der Waals surface area contributed by atoms with Crippen molar-refractivity contribution in [3.63, 3.8) is 0 Å². The highest BCUT2D eigenvalue weighted by atomic mass is 14.9. The minimum atomic E-state index is 0.467. The van der Waals surface area contributed by atoms with Crippen molar-refractivity contribution in [2.45, 2.75) is 78.7 Å². The summed E-state index contributed by atoms with van der Waals surface area (Å²) in [6, 6.07) is 0.698. The third-order valence-electron chi connectivity index (χ3n) is 3.63. The standard InChI is InChI=1S/C16H31N/c1-5-17-15(11-12-16(2,3)4)13-14-9-7-6-8-10-14/h9,15,17H,5-8,10-13H2,1-4H3. The van der Waals surface area contributed by atoms with Crippen molar-refractivity contribution in [3.8, 4) is 0 Å². The fraction of sp³-hybridized carbons (Fsp3) is 0.875. The predicted molar refractivity (Wildman–Crippen MR) is 77.3 cm³/mol. The maximum Gasteiger partial charge on any atom is 0.0104 e. The van der Waals surface area contributed by atoms with Crippen LogP contribution in [0, 0.1) is 5.41 Å². The van der Waals surface area contributed by atoms with Gasteiger partial charge in [-0.2, -0.15) is 0 Å². The van der Waals surface area contributed by atoms with E-state index < -0.39 is 0 Å². The minimum absolute atomic E-state index is 0.467. The molecule has 17 heavy (non-hydrogen) atoms. The van der Waals surface area contributed by atoms with Gasteiger partial charge in [-0.25, -0.2) is 0 Å². The first kappa shape index (κ1) is 14.8. The Balaban J connectivity index is 2.39. The van der Waals surface area contributed by atoms with Crippen molar-refractivity contribution in [3.05, 3.63) is 11.6 Å². The molecule has 0 aromatic carbocycles. The van der Waals surface area contributed by atoms with Crippen LogP contribution in [0.25, 0.3) is 0 Å². The van der Waals surface area contributed by atoms with Crippen molar-refractivity contribution in [2.24, 2.45) is 5.41 Å². The summed E-state index contributed by atoms with van der Waals surface area (Å²) in [4.78, 5) is 0. The van der Waals surface area contributed by atoms with E-state index in [9.17, 15) is 0 Å². The maximum atomic E-state index is 3.66. The molecule has 0 spiro atoms. The Labute approximate surface area is 108 Å². The van der Waals surface area contributed by atoms with Crippen LogP contribution in [-0.4, -0.2) is 12.6 Å². The quantitative estimate of drug-likeness (QED) is 0.661. The average Bonchev–Trinajstić information content (AvgIpc) is 2.27. The summed E-state index contributed by atoms with van der Waals surface area (Å²) in [6.07, 6.45) is 11.9. The zero-order valence-corrected chi connectivity index (χ0v) is 12.3. The lowest BCUT2D eigenvalue weighted by Crippen LogP contribution is -2.30. The SMILES string of the molecule is CCNC(CCC(C)(C)C)CC1=CCCCC1. The first-order valence-electron chi connectivity index (χ1n) is 7.42. The maximum absolute atomic E-state index is 3.66. The summed E-state index contributed by atoms with van der Waals surface area (Å²) in [5, 5.41) is 3.66. The predicted octanol–water partition coefficient (Wildman–Crippen LogP) is 4.68. The van der Waals surface area contributed by atoms with E-state index in [2.05, 4.69) is 39.1 Å². The molecule has 0 saturated heterocycles. The molecule has 0 amide bonds. The van der Waals surface area contributed by atoms with E-state index in [-0.39, 0.29) is 0 Å². The monoisotopic (exact) mass is 237 g/mol. The highest BCUT2D eigenvalue weighted by Gasteiger charge is 2.16. The summed E-state index contributed by atoms with van der Waals surface area (Å²) in [6.45, 7) is 10.4. The Morgan fingerprint density at radius 1 is 1.29 bits per heavy atom. The van der Waals surface area contributed by atoms with Gasteiger partial charge in [0.15, 0.2) is 0 Å². The molecule has 1 aliphatic rings. The molecule has 1 N–H and O–H groups in total. The molecule has 1 unspecified atom stereocenters. The van der Waals surface area contributed by atoms with Crippen molar-refractivity contribution in [1.29, 1.82) is 0 Å². The molecule has 1 atom stereocenters. The molecule has 0 aromatic rings. The van der Waals surface area contributed by atoms with Crippen LogP contribution in [-0.2, 0) is 0 Å². The van der Waals surface area contributed by atoms with E-state index in [1.54, 1.807) is 5.57 Å². The van der Waals surface area contributed by atoms with Crippen LogP contribution in [0.2, 0.25) is 0 Å². The zero-order chi connectivity index (χ0) is 12.7. The smallest absolute Gasteiger partial charge is 0.0104 e. The van der Waals surface area contributed by atoms with E-state index >= 15 is 0 Å². The third-order valence-corrected chi connectivity index (χ3v) is 3.63. The average molecular weight is 237 g/mol. The zero-order valence-electron chi connectivity index (χ0n) is 12.3. The highest BCUT2D eigenvalue weighted by molar-refractivity contribution is 5.07. The number of hydrogen-bond acceptors (Lipinski definition) is 1. The summed E-state index contributed by atoms with van der Waals surface area (Å²) < 4.78 is 0. The Bertz CT molecular complexity index is 234. The van der Waals surface area contributed by atoms with E-state index in [4.69, 9.17) is 0 Å². The van der Waals surface area contributed by atoms with Crippen LogP contribution in [0.3, 0.4) is 0 Å². The van der Waals surface area contributed by atoms with Gasteiger partial charge in [-0.05, 0) is 56.9 Å². The van der Waals surface area contributed by atoms with E-state index in [1.165, 1.54) is 44.9 Å². The van der Waals surface area contributed by atoms with Crippen molar-refractivity contribution in [2.75, 3.05) is 6.54 Å². The summed E-state index contributed by atoms with van der Waals surface area (Å²) >= 11 is 0. The molecule has 0 bridgehead atoms. The number of rotatable bonds is 6. The van der Waals surface area contributed by atoms with Gasteiger partial charge in [0.1, 0.15) is 0 Å². The molecule has 1 heteroatoms. The second-order valence-electron chi connectivity index (χ2n) is 6.67. The Morgan fingerprint density at radius 3 is 2.59 bits per heavy atom.